The van der Waals surface area contributed by atoms with Gasteiger partial charge in [-0.3, -0.25) is 9.59 Å². The van der Waals surface area contributed by atoms with Crippen LogP contribution in [0.15, 0.2) is 78.9 Å². The number of carbonyl (C=O) groups excluding carboxylic acids is 2. The van der Waals surface area contributed by atoms with Crippen LogP contribution in [0.3, 0.4) is 0 Å². The molecule has 2 amide bonds. The van der Waals surface area contributed by atoms with Gasteiger partial charge in [0.1, 0.15) is 11.8 Å². The summed E-state index contributed by atoms with van der Waals surface area (Å²) in [5, 5.41) is 3.63. The van der Waals surface area contributed by atoms with E-state index in [4.69, 9.17) is 16.3 Å². The highest BCUT2D eigenvalue weighted by Gasteiger charge is 2.32. The van der Waals surface area contributed by atoms with Crippen LogP contribution in [0.2, 0.25) is 5.02 Å². The SMILES string of the molecule is CC[C@H](C)NC(=O)[C@@H](Cc1ccccc1)N(Cc1ccccc1Cl)C(=O)COc1ccccc1C(C)(C)C. The molecule has 0 heterocycles. The molecule has 5 nitrogen and oxygen atoms in total. The number of hydrogen-bond donors (Lipinski definition) is 1. The lowest BCUT2D eigenvalue weighted by Gasteiger charge is -2.32. The molecule has 6 heteroatoms. The summed E-state index contributed by atoms with van der Waals surface area (Å²) in [6, 6.07) is 24.1. The molecular formula is C32H39ClN2O3. The van der Waals surface area contributed by atoms with Crippen molar-refractivity contribution in [3.05, 3.63) is 101 Å². The highest BCUT2D eigenvalue weighted by Crippen LogP contribution is 2.31. The third-order valence-electron chi connectivity index (χ3n) is 6.62. The van der Waals surface area contributed by atoms with E-state index in [1.54, 1.807) is 11.0 Å². The van der Waals surface area contributed by atoms with E-state index in [1.807, 2.05) is 86.6 Å². The Labute approximate surface area is 232 Å². The van der Waals surface area contributed by atoms with E-state index in [0.29, 0.717) is 17.2 Å². The van der Waals surface area contributed by atoms with Crippen LogP contribution in [0.1, 0.15) is 57.7 Å². The Bertz CT molecular complexity index is 1210. The first kappa shape index (κ1) is 29.2. The minimum Gasteiger partial charge on any atom is -0.483 e. The molecule has 0 aliphatic heterocycles. The second-order valence-corrected chi connectivity index (χ2v) is 11.1. The fourth-order valence-electron chi connectivity index (χ4n) is 4.24. The molecule has 3 rings (SSSR count). The van der Waals surface area contributed by atoms with Crippen molar-refractivity contribution in [2.75, 3.05) is 6.61 Å². The number of ether oxygens (including phenoxy) is 1. The van der Waals surface area contributed by atoms with Gasteiger partial charge in [0.15, 0.2) is 6.61 Å². The number of amides is 2. The first-order valence-electron chi connectivity index (χ1n) is 13.2. The van der Waals surface area contributed by atoms with Gasteiger partial charge in [-0.05, 0) is 47.6 Å². The normalized spacial score (nSPS) is 12.9. The third kappa shape index (κ3) is 8.09. The minimum atomic E-state index is -0.739. The summed E-state index contributed by atoms with van der Waals surface area (Å²) in [7, 11) is 0. The van der Waals surface area contributed by atoms with Crippen LogP contribution in [0.4, 0.5) is 0 Å². The Morgan fingerprint density at radius 3 is 2.24 bits per heavy atom. The minimum absolute atomic E-state index is 0.0204. The first-order valence-corrected chi connectivity index (χ1v) is 13.6. The van der Waals surface area contributed by atoms with Crippen molar-refractivity contribution >= 4 is 23.4 Å². The second-order valence-electron chi connectivity index (χ2n) is 10.7. The van der Waals surface area contributed by atoms with Gasteiger partial charge in [-0.25, -0.2) is 0 Å². The summed E-state index contributed by atoms with van der Waals surface area (Å²) in [4.78, 5) is 29.1. The van der Waals surface area contributed by atoms with E-state index < -0.39 is 6.04 Å². The van der Waals surface area contributed by atoms with Gasteiger partial charge < -0.3 is 15.0 Å². The van der Waals surface area contributed by atoms with E-state index in [-0.39, 0.29) is 36.4 Å². The first-order chi connectivity index (χ1) is 18.1. The molecule has 0 saturated carbocycles. The summed E-state index contributed by atoms with van der Waals surface area (Å²) < 4.78 is 6.10. The Kier molecular flexibility index (Phi) is 10.4. The number of carbonyl (C=O) groups is 2. The fourth-order valence-corrected chi connectivity index (χ4v) is 4.44. The number of rotatable bonds is 11. The van der Waals surface area contributed by atoms with Gasteiger partial charge in [0.2, 0.25) is 5.91 Å². The van der Waals surface area contributed by atoms with Crippen molar-refractivity contribution in [3.63, 3.8) is 0 Å². The molecule has 0 aromatic heterocycles. The largest absolute Gasteiger partial charge is 0.483 e. The van der Waals surface area contributed by atoms with Gasteiger partial charge in [0.25, 0.3) is 5.91 Å². The molecule has 202 valence electrons. The predicted molar refractivity (Wildman–Crippen MR) is 154 cm³/mol. The predicted octanol–water partition coefficient (Wildman–Crippen LogP) is 6.57. The van der Waals surface area contributed by atoms with Gasteiger partial charge in [0, 0.05) is 24.0 Å². The smallest absolute Gasteiger partial charge is 0.261 e. The lowest BCUT2D eigenvalue weighted by Crippen LogP contribution is -2.53. The average Bonchev–Trinajstić information content (AvgIpc) is 2.90. The van der Waals surface area contributed by atoms with E-state index in [9.17, 15) is 9.59 Å². The monoisotopic (exact) mass is 534 g/mol. The summed E-state index contributed by atoms with van der Waals surface area (Å²) >= 11 is 6.50. The third-order valence-corrected chi connectivity index (χ3v) is 6.99. The molecule has 38 heavy (non-hydrogen) atoms. The number of para-hydroxylation sites is 1. The molecule has 3 aromatic rings. The van der Waals surface area contributed by atoms with Crippen LogP contribution in [-0.2, 0) is 28.0 Å². The number of nitrogens with zero attached hydrogens (tertiary/aromatic N) is 1. The van der Waals surface area contributed by atoms with Crippen LogP contribution in [0, 0.1) is 0 Å². The molecule has 0 unspecified atom stereocenters. The standard InChI is InChI=1S/C32H39ClN2O3/c1-6-23(2)34-31(37)28(20-24-14-8-7-9-15-24)35(21-25-16-10-12-18-27(25)33)30(36)22-38-29-19-13-11-17-26(29)32(3,4)5/h7-19,23,28H,6,20-22H2,1-5H3,(H,34,37)/t23-,28+/m0/s1. The van der Waals surface area contributed by atoms with Gasteiger partial charge in [0.05, 0.1) is 0 Å². The van der Waals surface area contributed by atoms with Crippen LogP contribution < -0.4 is 10.1 Å². The second kappa shape index (κ2) is 13.5. The van der Waals surface area contributed by atoms with E-state index in [1.165, 1.54) is 0 Å². The number of benzene rings is 3. The lowest BCUT2D eigenvalue weighted by atomic mass is 9.86. The molecule has 2 atom stereocenters. The van der Waals surface area contributed by atoms with E-state index in [0.717, 1.165) is 23.1 Å². The van der Waals surface area contributed by atoms with Crippen molar-refractivity contribution in [2.24, 2.45) is 0 Å². The van der Waals surface area contributed by atoms with Crippen molar-refractivity contribution in [2.45, 2.75) is 71.5 Å². The van der Waals surface area contributed by atoms with Crippen LogP contribution >= 0.6 is 11.6 Å². The van der Waals surface area contributed by atoms with Gasteiger partial charge in [-0.1, -0.05) is 106 Å². The number of halogens is 1. The number of nitrogens with one attached hydrogen (secondary N) is 1. The van der Waals surface area contributed by atoms with Crippen molar-refractivity contribution < 1.29 is 14.3 Å². The fraction of sp³-hybridized carbons (Fsp3) is 0.375. The van der Waals surface area contributed by atoms with Crippen molar-refractivity contribution in [1.82, 2.24) is 10.2 Å². The summed E-state index contributed by atoms with van der Waals surface area (Å²) in [6.07, 6.45) is 1.16. The zero-order chi connectivity index (χ0) is 27.7. The van der Waals surface area contributed by atoms with Gasteiger partial charge >= 0.3 is 0 Å². The van der Waals surface area contributed by atoms with E-state index >= 15 is 0 Å². The summed E-state index contributed by atoms with van der Waals surface area (Å²) in [5.74, 6) is 0.183. The molecule has 0 radical (unpaired) electrons. The number of hydrogen-bond acceptors (Lipinski definition) is 3. The Morgan fingerprint density at radius 2 is 1.58 bits per heavy atom. The lowest BCUT2D eigenvalue weighted by molar-refractivity contribution is -0.143. The van der Waals surface area contributed by atoms with Crippen molar-refractivity contribution in [3.8, 4) is 5.75 Å². The topological polar surface area (TPSA) is 58.6 Å². The Balaban J connectivity index is 1.96. The maximum absolute atomic E-state index is 13.9. The summed E-state index contributed by atoms with van der Waals surface area (Å²) in [6.45, 7) is 10.3. The van der Waals surface area contributed by atoms with E-state index in [2.05, 4.69) is 26.1 Å². The maximum Gasteiger partial charge on any atom is 0.261 e. The van der Waals surface area contributed by atoms with Crippen LogP contribution in [0.5, 0.6) is 5.75 Å². The quantitative estimate of drug-likeness (QED) is 0.302. The molecule has 0 aliphatic carbocycles. The molecule has 0 aliphatic rings. The molecule has 0 spiro atoms. The molecule has 0 fully saturated rings. The highest BCUT2D eigenvalue weighted by molar-refractivity contribution is 6.31. The molecule has 3 aromatic carbocycles. The zero-order valence-electron chi connectivity index (χ0n) is 23.0. The van der Waals surface area contributed by atoms with Crippen LogP contribution in [0.25, 0.3) is 0 Å². The molecule has 0 bridgehead atoms. The van der Waals surface area contributed by atoms with Crippen molar-refractivity contribution in [1.29, 1.82) is 0 Å². The zero-order valence-corrected chi connectivity index (χ0v) is 23.8. The Morgan fingerprint density at radius 1 is 0.947 bits per heavy atom. The summed E-state index contributed by atoms with van der Waals surface area (Å²) in [5.41, 5.74) is 2.60. The molecular weight excluding hydrogens is 496 g/mol. The maximum atomic E-state index is 13.9. The Hall–Kier alpha value is -3.31. The van der Waals surface area contributed by atoms with Gasteiger partial charge in [-0.2, -0.15) is 0 Å². The van der Waals surface area contributed by atoms with Crippen LogP contribution in [-0.4, -0.2) is 35.4 Å². The highest BCUT2D eigenvalue weighted by atomic mass is 35.5. The molecule has 0 saturated heterocycles. The van der Waals surface area contributed by atoms with Gasteiger partial charge in [-0.15, -0.1) is 0 Å². The average molecular weight is 535 g/mol. The molecule has 1 N–H and O–H groups in total.